The van der Waals surface area contributed by atoms with E-state index in [0.717, 1.165) is 15.0 Å². The molecule has 0 aliphatic carbocycles. The van der Waals surface area contributed by atoms with Crippen molar-refractivity contribution in [2.24, 2.45) is 0 Å². The van der Waals surface area contributed by atoms with Gasteiger partial charge < -0.3 is 11.1 Å². The summed E-state index contributed by atoms with van der Waals surface area (Å²) in [4.78, 5) is 13.1. The summed E-state index contributed by atoms with van der Waals surface area (Å²) in [7, 11) is -3.92. The first-order valence-electron chi connectivity index (χ1n) is 9.08. The number of nitrogens with one attached hydrogen (secondary N) is 1. The van der Waals surface area contributed by atoms with Gasteiger partial charge in [0.1, 0.15) is 4.90 Å². The van der Waals surface area contributed by atoms with Crippen LogP contribution in [-0.4, -0.2) is 27.3 Å². The average molecular weight is 416 g/mol. The quantitative estimate of drug-likeness (QED) is 0.431. The molecule has 0 fully saturated rings. The van der Waals surface area contributed by atoms with Gasteiger partial charge in [0.05, 0.1) is 5.52 Å². The van der Waals surface area contributed by atoms with E-state index in [1.54, 1.807) is 60.9 Å². The molecular weight excluding hydrogens is 400 g/mol. The van der Waals surface area contributed by atoms with Gasteiger partial charge >= 0.3 is 0 Å². The second-order valence-electron chi connectivity index (χ2n) is 6.67. The normalized spacial score (nSPS) is 11.7. The lowest BCUT2D eigenvalue weighted by atomic mass is 10.2. The summed E-state index contributed by atoms with van der Waals surface area (Å²) in [5, 5.41) is 4.41. The van der Waals surface area contributed by atoms with Crippen LogP contribution in [0, 0.1) is 0 Å². The fraction of sp³-hybridized carbons (Fsp3) is 0. The van der Waals surface area contributed by atoms with Crippen LogP contribution >= 0.6 is 0 Å². The van der Waals surface area contributed by atoms with E-state index in [-0.39, 0.29) is 16.5 Å². The summed E-state index contributed by atoms with van der Waals surface area (Å²) in [6, 6.07) is 17.4. The van der Waals surface area contributed by atoms with Gasteiger partial charge in [0.15, 0.2) is 5.65 Å². The average Bonchev–Trinajstić information content (AvgIpc) is 3.19. The van der Waals surface area contributed by atoms with Gasteiger partial charge in [-0.1, -0.05) is 18.2 Å². The molecule has 2 aromatic carbocycles. The molecule has 3 heterocycles. The third-order valence-corrected chi connectivity index (χ3v) is 6.39. The first kappa shape index (κ1) is 18.1. The van der Waals surface area contributed by atoms with Crippen molar-refractivity contribution < 1.29 is 8.42 Å². The van der Waals surface area contributed by atoms with Crippen molar-refractivity contribution in [3.05, 3.63) is 79.3 Å². The standard InChI is InChI=1S/C21H16N6O2S/c22-16-6-8-17(9-7-16)25-21-24-13-15-10-12-27(20(15)26-21)30(28,29)18-5-1-3-14-4-2-11-23-19(14)18/h1-13H,22H2,(H,24,25,26). The van der Waals surface area contributed by atoms with Crippen molar-refractivity contribution in [1.82, 2.24) is 18.9 Å². The third kappa shape index (κ3) is 3.01. The first-order chi connectivity index (χ1) is 14.5. The number of para-hydroxylation sites is 1. The van der Waals surface area contributed by atoms with Crippen LogP contribution in [-0.2, 0) is 10.0 Å². The smallest absolute Gasteiger partial charge is 0.271 e. The van der Waals surface area contributed by atoms with Gasteiger partial charge in [-0.15, -0.1) is 0 Å². The van der Waals surface area contributed by atoms with Crippen LogP contribution < -0.4 is 11.1 Å². The van der Waals surface area contributed by atoms with Crippen molar-refractivity contribution in [2.75, 3.05) is 11.1 Å². The maximum absolute atomic E-state index is 13.5. The number of nitrogens with zero attached hydrogens (tertiary/aromatic N) is 4. The summed E-state index contributed by atoms with van der Waals surface area (Å²) in [5.41, 5.74) is 7.77. The number of pyridine rings is 1. The Bertz CT molecular complexity index is 1490. The number of benzene rings is 2. The molecular formula is C21H16N6O2S. The Morgan fingerprint density at radius 3 is 2.53 bits per heavy atom. The molecule has 3 aromatic heterocycles. The Morgan fingerprint density at radius 1 is 0.900 bits per heavy atom. The molecule has 0 bridgehead atoms. The predicted octanol–water partition coefficient (Wildman–Crippen LogP) is 3.54. The lowest BCUT2D eigenvalue weighted by Gasteiger charge is -2.10. The topological polar surface area (TPSA) is 116 Å². The van der Waals surface area contributed by atoms with Crippen LogP contribution in [0.1, 0.15) is 0 Å². The zero-order valence-corrected chi connectivity index (χ0v) is 16.4. The minimum atomic E-state index is -3.92. The Morgan fingerprint density at radius 2 is 1.70 bits per heavy atom. The van der Waals surface area contributed by atoms with Crippen molar-refractivity contribution in [3.8, 4) is 0 Å². The molecule has 5 aromatic rings. The molecule has 0 atom stereocenters. The highest BCUT2D eigenvalue weighted by Crippen LogP contribution is 2.26. The molecule has 9 heteroatoms. The van der Waals surface area contributed by atoms with Gasteiger partial charge in [-0.3, -0.25) is 4.98 Å². The molecule has 0 spiro atoms. The van der Waals surface area contributed by atoms with E-state index in [9.17, 15) is 8.42 Å². The first-order valence-corrected chi connectivity index (χ1v) is 10.5. The minimum absolute atomic E-state index is 0.116. The van der Waals surface area contributed by atoms with Gasteiger partial charge in [-0.25, -0.2) is 17.4 Å². The van der Waals surface area contributed by atoms with Crippen LogP contribution in [0.4, 0.5) is 17.3 Å². The van der Waals surface area contributed by atoms with E-state index < -0.39 is 10.0 Å². The highest BCUT2D eigenvalue weighted by Gasteiger charge is 2.23. The highest BCUT2D eigenvalue weighted by atomic mass is 32.2. The van der Waals surface area contributed by atoms with Gasteiger partial charge in [0.2, 0.25) is 5.95 Å². The van der Waals surface area contributed by atoms with Crippen LogP contribution in [0.15, 0.2) is 84.1 Å². The number of aromatic nitrogens is 4. The van der Waals surface area contributed by atoms with Gasteiger partial charge in [0.25, 0.3) is 10.0 Å². The van der Waals surface area contributed by atoms with E-state index in [1.165, 1.54) is 6.20 Å². The van der Waals surface area contributed by atoms with E-state index >= 15 is 0 Å². The van der Waals surface area contributed by atoms with Crippen molar-refractivity contribution in [2.45, 2.75) is 4.90 Å². The second-order valence-corrected chi connectivity index (χ2v) is 8.45. The van der Waals surface area contributed by atoms with Gasteiger partial charge in [0, 0.05) is 40.7 Å². The Balaban J connectivity index is 1.62. The molecule has 0 aliphatic rings. The lowest BCUT2D eigenvalue weighted by molar-refractivity contribution is 0.589. The van der Waals surface area contributed by atoms with Crippen LogP contribution in [0.5, 0.6) is 0 Å². The number of fused-ring (bicyclic) bond motifs is 2. The maximum Gasteiger partial charge on any atom is 0.271 e. The molecule has 8 nitrogen and oxygen atoms in total. The molecule has 0 aliphatic heterocycles. The summed E-state index contributed by atoms with van der Waals surface area (Å²) in [5.74, 6) is 0.276. The molecule has 5 rings (SSSR count). The fourth-order valence-corrected chi connectivity index (χ4v) is 4.71. The van der Waals surface area contributed by atoms with E-state index in [2.05, 4.69) is 20.3 Å². The predicted molar refractivity (Wildman–Crippen MR) is 116 cm³/mol. The number of rotatable bonds is 4. The van der Waals surface area contributed by atoms with Crippen LogP contribution in [0.25, 0.3) is 21.9 Å². The van der Waals surface area contributed by atoms with Crippen LogP contribution in [0.3, 0.4) is 0 Å². The Kier molecular flexibility index (Phi) is 4.11. The zero-order chi connectivity index (χ0) is 20.7. The molecule has 0 unspecified atom stereocenters. The van der Waals surface area contributed by atoms with E-state index in [0.29, 0.717) is 16.6 Å². The molecule has 30 heavy (non-hydrogen) atoms. The number of anilines is 3. The Hall–Kier alpha value is -3.98. The molecule has 148 valence electrons. The van der Waals surface area contributed by atoms with Crippen molar-refractivity contribution >= 4 is 49.3 Å². The van der Waals surface area contributed by atoms with E-state index in [1.807, 2.05) is 12.1 Å². The molecule has 3 N–H and O–H groups in total. The SMILES string of the molecule is Nc1ccc(Nc2ncc3ccn(S(=O)(=O)c4cccc5cccnc45)c3n2)cc1. The zero-order valence-electron chi connectivity index (χ0n) is 15.6. The maximum atomic E-state index is 13.5. The summed E-state index contributed by atoms with van der Waals surface area (Å²) < 4.78 is 28.1. The van der Waals surface area contributed by atoms with Gasteiger partial charge in [-0.2, -0.15) is 4.98 Å². The Labute approximate surface area is 172 Å². The largest absolute Gasteiger partial charge is 0.399 e. The summed E-state index contributed by atoms with van der Waals surface area (Å²) in [6.07, 6.45) is 4.63. The monoisotopic (exact) mass is 416 g/mol. The fourth-order valence-electron chi connectivity index (χ4n) is 3.23. The number of nitrogen functional groups attached to an aromatic ring is 1. The molecule has 0 saturated carbocycles. The number of hydrogen-bond donors (Lipinski definition) is 2. The highest BCUT2D eigenvalue weighted by molar-refractivity contribution is 7.90. The number of nitrogens with two attached hydrogens (primary N) is 1. The van der Waals surface area contributed by atoms with Crippen LogP contribution in [0.2, 0.25) is 0 Å². The molecule has 0 saturated heterocycles. The third-order valence-electron chi connectivity index (χ3n) is 4.69. The molecule has 0 amide bonds. The lowest BCUT2D eigenvalue weighted by Crippen LogP contribution is -2.13. The number of hydrogen-bond acceptors (Lipinski definition) is 7. The van der Waals surface area contributed by atoms with E-state index in [4.69, 9.17) is 5.73 Å². The summed E-state index contributed by atoms with van der Waals surface area (Å²) in [6.45, 7) is 0. The van der Waals surface area contributed by atoms with Crippen molar-refractivity contribution in [1.29, 1.82) is 0 Å². The second kappa shape index (κ2) is 6.82. The van der Waals surface area contributed by atoms with Gasteiger partial charge in [-0.05, 0) is 42.5 Å². The molecule has 0 radical (unpaired) electrons. The van der Waals surface area contributed by atoms with Crippen molar-refractivity contribution in [3.63, 3.8) is 0 Å². The minimum Gasteiger partial charge on any atom is -0.399 e. The summed E-state index contributed by atoms with van der Waals surface area (Å²) >= 11 is 0.